The summed E-state index contributed by atoms with van der Waals surface area (Å²) in [7, 11) is 0. The Hall–Kier alpha value is -7.02. The summed E-state index contributed by atoms with van der Waals surface area (Å²) in [6, 6.07) is 73.2. The van der Waals surface area contributed by atoms with E-state index >= 15 is 0 Å². The van der Waals surface area contributed by atoms with Gasteiger partial charge in [0.05, 0.1) is 0 Å². The summed E-state index contributed by atoms with van der Waals surface area (Å²) in [6.45, 7) is 9.53. The van der Waals surface area contributed by atoms with Crippen LogP contribution in [-0.4, -0.2) is 0 Å². The maximum Gasteiger partial charge on any atom is 0.0159 e. The van der Waals surface area contributed by atoms with Gasteiger partial charge in [-0.2, -0.15) is 0 Å². The first kappa shape index (κ1) is 35.0. The molecule has 2 aliphatic rings. The predicted octanol–water partition coefficient (Wildman–Crippen LogP) is 16.4. The molecule has 0 unspecified atom stereocenters. The molecule has 0 aromatic heterocycles. The van der Waals surface area contributed by atoms with E-state index in [1.165, 1.54) is 121 Å². The Kier molecular flexibility index (Phi) is 7.42. The van der Waals surface area contributed by atoms with E-state index in [2.05, 4.69) is 222 Å². The van der Waals surface area contributed by atoms with Gasteiger partial charge in [-0.05, 0) is 146 Å². The van der Waals surface area contributed by atoms with Crippen molar-refractivity contribution < 1.29 is 0 Å². The van der Waals surface area contributed by atoms with E-state index in [-0.39, 0.29) is 10.8 Å². The van der Waals surface area contributed by atoms with Crippen molar-refractivity contribution in [2.24, 2.45) is 0 Å². The minimum atomic E-state index is -0.0970. The van der Waals surface area contributed by atoms with Crippen molar-refractivity contribution in [3.05, 3.63) is 216 Å². The lowest BCUT2D eigenvalue weighted by Crippen LogP contribution is -2.15. The highest BCUT2D eigenvalue weighted by atomic mass is 14.4. The maximum atomic E-state index is 2.50. The molecule has 0 aliphatic heterocycles. The topological polar surface area (TPSA) is 0 Å². The zero-order chi connectivity index (χ0) is 40.3. The number of hydrogen-bond acceptors (Lipinski definition) is 0. The molecule has 0 spiro atoms. The first-order chi connectivity index (χ1) is 29.3. The summed E-state index contributed by atoms with van der Waals surface area (Å²) in [5.74, 6) is 0. The number of rotatable bonds is 4. The summed E-state index contributed by atoms with van der Waals surface area (Å²) < 4.78 is 0. The Morgan fingerprint density at radius 3 is 1.23 bits per heavy atom. The Bertz CT molecular complexity index is 3410. The monoisotopic (exact) mass is 764 g/mol. The van der Waals surface area contributed by atoms with E-state index in [0.29, 0.717) is 0 Å². The molecule has 0 atom stereocenters. The molecular formula is C60H44. The third-order valence-corrected chi connectivity index (χ3v) is 14.1. The molecule has 10 aromatic rings. The fourth-order valence-electron chi connectivity index (χ4n) is 10.9. The average Bonchev–Trinajstić information content (AvgIpc) is 3.66. The molecule has 0 N–H and O–H groups in total. The van der Waals surface area contributed by atoms with Gasteiger partial charge in [0.15, 0.2) is 0 Å². The number of fused-ring (bicyclic) bond motifs is 9. The molecule has 10 aromatic carbocycles. The van der Waals surface area contributed by atoms with Gasteiger partial charge in [0.25, 0.3) is 0 Å². The summed E-state index contributed by atoms with van der Waals surface area (Å²) in [5.41, 5.74) is 20.8. The smallest absolute Gasteiger partial charge is 0.0159 e. The van der Waals surface area contributed by atoms with Crippen LogP contribution in [0.4, 0.5) is 0 Å². The highest BCUT2D eigenvalue weighted by Gasteiger charge is 2.37. The molecule has 0 saturated carbocycles. The van der Waals surface area contributed by atoms with Gasteiger partial charge in [-0.25, -0.2) is 0 Å². The van der Waals surface area contributed by atoms with Gasteiger partial charge >= 0.3 is 0 Å². The first-order valence-corrected chi connectivity index (χ1v) is 21.3. The van der Waals surface area contributed by atoms with E-state index in [0.717, 1.165) is 0 Å². The van der Waals surface area contributed by atoms with Gasteiger partial charge < -0.3 is 0 Å². The molecule has 0 bridgehead atoms. The van der Waals surface area contributed by atoms with Crippen LogP contribution in [-0.2, 0) is 10.8 Å². The first-order valence-electron chi connectivity index (χ1n) is 21.3. The minimum absolute atomic E-state index is 0.0888. The van der Waals surface area contributed by atoms with Crippen molar-refractivity contribution >= 4 is 32.3 Å². The molecule has 284 valence electrons. The van der Waals surface area contributed by atoms with Crippen LogP contribution in [0.2, 0.25) is 0 Å². The average molecular weight is 765 g/mol. The number of hydrogen-bond donors (Lipinski definition) is 0. The highest BCUT2D eigenvalue weighted by Crippen LogP contribution is 2.53. The minimum Gasteiger partial charge on any atom is -0.0619 e. The standard InChI is InChI=1S/C60H44/c1-59(2)53-19-11-9-15-45(53)47-30-28-43(35-55(47)59)57-49-17-7-8-18-50(49)58(44-29-31-48-46-16-10-12-20-54(46)60(3,4)56(48)36-44)52-34-42(27-32-51(52)57)39-23-21-38(22-24-39)41-26-25-37-13-5-6-14-40(37)33-41/h5-36H,1-4H3. The van der Waals surface area contributed by atoms with Crippen molar-refractivity contribution in [1.82, 2.24) is 0 Å². The summed E-state index contributed by atoms with van der Waals surface area (Å²) >= 11 is 0. The van der Waals surface area contributed by atoms with Crippen LogP contribution in [0.3, 0.4) is 0 Å². The van der Waals surface area contributed by atoms with Gasteiger partial charge in [0, 0.05) is 10.8 Å². The van der Waals surface area contributed by atoms with Gasteiger partial charge in [0.1, 0.15) is 0 Å². The molecule has 2 aliphatic carbocycles. The second-order valence-corrected chi connectivity index (χ2v) is 18.1. The van der Waals surface area contributed by atoms with Crippen LogP contribution in [0.1, 0.15) is 49.9 Å². The Morgan fingerprint density at radius 2 is 0.650 bits per heavy atom. The predicted molar refractivity (Wildman–Crippen MR) is 256 cm³/mol. The Balaban J connectivity index is 1.08. The second kappa shape index (κ2) is 12.7. The van der Waals surface area contributed by atoms with Crippen LogP contribution in [0.25, 0.3) is 99.1 Å². The molecule has 0 heterocycles. The van der Waals surface area contributed by atoms with Crippen molar-refractivity contribution in [3.8, 4) is 66.8 Å². The van der Waals surface area contributed by atoms with E-state index in [9.17, 15) is 0 Å². The van der Waals surface area contributed by atoms with Gasteiger partial charge in [-0.15, -0.1) is 0 Å². The Labute approximate surface area is 352 Å². The number of benzene rings is 10. The summed E-state index contributed by atoms with van der Waals surface area (Å²) in [5, 5.41) is 7.64. The molecule has 0 radical (unpaired) electrons. The van der Waals surface area contributed by atoms with Crippen molar-refractivity contribution in [2.45, 2.75) is 38.5 Å². The third-order valence-electron chi connectivity index (χ3n) is 14.1. The molecule has 0 saturated heterocycles. The van der Waals surface area contributed by atoms with Crippen molar-refractivity contribution in [2.75, 3.05) is 0 Å². The van der Waals surface area contributed by atoms with Crippen molar-refractivity contribution in [3.63, 3.8) is 0 Å². The summed E-state index contributed by atoms with van der Waals surface area (Å²) in [6.07, 6.45) is 0. The molecule has 0 heteroatoms. The normalized spacial score (nSPS) is 14.3. The molecular weight excluding hydrogens is 721 g/mol. The van der Waals surface area contributed by atoms with E-state index in [1.54, 1.807) is 0 Å². The zero-order valence-corrected chi connectivity index (χ0v) is 34.5. The van der Waals surface area contributed by atoms with E-state index in [1.807, 2.05) is 0 Å². The second-order valence-electron chi connectivity index (χ2n) is 18.1. The van der Waals surface area contributed by atoms with Gasteiger partial charge in [0.2, 0.25) is 0 Å². The van der Waals surface area contributed by atoms with Gasteiger partial charge in [-0.3, -0.25) is 0 Å². The Morgan fingerprint density at radius 1 is 0.250 bits per heavy atom. The molecule has 12 rings (SSSR count). The van der Waals surface area contributed by atoms with Crippen LogP contribution < -0.4 is 0 Å². The fourth-order valence-corrected chi connectivity index (χ4v) is 10.9. The lowest BCUT2D eigenvalue weighted by Gasteiger charge is -2.24. The van der Waals surface area contributed by atoms with Crippen LogP contribution in [0, 0.1) is 0 Å². The van der Waals surface area contributed by atoms with Crippen molar-refractivity contribution in [1.29, 1.82) is 0 Å². The fraction of sp³-hybridized carbons (Fsp3) is 0.100. The lowest BCUT2D eigenvalue weighted by atomic mass is 9.79. The molecule has 0 amide bonds. The van der Waals surface area contributed by atoms with Crippen LogP contribution in [0.5, 0.6) is 0 Å². The zero-order valence-electron chi connectivity index (χ0n) is 34.5. The highest BCUT2D eigenvalue weighted by molar-refractivity contribution is 6.22. The molecule has 0 fully saturated rings. The molecule has 0 nitrogen and oxygen atoms in total. The van der Waals surface area contributed by atoms with E-state index in [4.69, 9.17) is 0 Å². The van der Waals surface area contributed by atoms with Gasteiger partial charge in [-0.1, -0.05) is 198 Å². The SMILES string of the molecule is CC1(C)c2ccccc2-c2ccc(-c3c4ccccc4c(-c4ccc5c(c4)C(C)(C)c4ccccc4-5)c4cc(-c5ccc(-c6ccc7ccccc7c6)cc5)ccc34)cc21. The van der Waals surface area contributed by atoms with Crippen LogP contribution >= 0.6 is 0 Å². The van der Waals surface area contributed by atoms with E-state index < -0.39 is 0 Å². The third kappa shape index (κ3) is 5.04. The summed E-state index contributed by atoms with van der Waals surface area (Å²) in [4.78, 5) is 0. The van der Waals surface area contributed by atoms with Crippen LogP contribution in [0.15, 0.2) is 194 Å². The maximum absolute atomic E-state index is 2.50. The largest absolute Gasteiger partial charge is 0.0619 e. The lowest BCUT2D eigenvalue weighted by molar-refractivity contribution is 0.660. The quantitative estimate of drug-likeness (QED) is 0.157. The molecule has 60 heavy (non-hydrogen) atoms.